The van der Waals surface area contributed by atoms with E-state index >= 15 is 0 Å². The topological polar surface area (TPSA) is 58.2 Å². The molecule has 2 amide bonds. The number of hydrogen-bond acceptors (Lipinski definition) is 2. The molecule has 0 radical (unpaired) electrons. The molecule has 1 atom stereocenters. The van der Waals surface area contributed by atoms with Gasteiger partial charge in [-0.3, -0.25) is 9.59 Å². The Kier molecular flexibility index (Phi) is 2.87. The first-order valence-corrected chi connectivity index (χ1v) is 4.49. The van der Waals surface area contributed by atoms with Crippen LogP contribution >= 0.6 is 15.9 Å². The van der Waals surface area contributed by atoms with Gasteiger partial charge >= 0.3 is 0 Å². The summed E-state index contributed by atoms with van der Waals surface area (Å²) in [6.07, 6.45) is 0.636. The van der Waals surface area contributed by atoms with Crippen molar-refractivity contribution in [3.05, 3.63) is 0 Å². The van der Waals surface area contributed by atoms with E-state index in [0.29, 0.717) is 11.8 Å². The number of rotatable bonds is 2. The molecule has 0 aromatic rings. The first-order chi connectivity index (χ1) is 5.24. The average molecular weight is 221 g/mol. The molecule has 4 nitrogen and oxygen atoms in total. The maximum absolute atomic E-state index is 11.0. The maximum atomic E-state index is 11.0. The Labute approximate surface area is 72.8 Å². The third-order valence-electron chi connectivity index (χ3n) is 1.47. The molecule has 1 aliphatic heterocycles. The highest BCUT2D eigenvalue weighted by Gasteiger charge is 2.24. The lowest BCUT2D eigenvalue weighted by atomic mass is 10.2. The summed E-state index contributed by atoms with van der Waals surface area (Å²) in [5, 5.41) is 5.79. The molecule has 2 N–H and O–H groups in total. The number of hydrogen-bond donors (Lipinski definition) is 2. The highest BCUT2D eigenvalue weighted by atomic mass is 79.9. The minimum atomic E-state index is -0.351. The van der Waals surface area contributed by atoms with Gasteiger partial charge in [-0.25, -0.2) is 0 Å². The van der Waals surface area contributed by atoms with Crippen LogP contribution in [0.25, 0.3) is 0 Å². The Morgan fingerprint density at radius 2 is 2.27 bits per heavy atom. The minimum Gasteiger partial charge on any atom is -0.345 e. The van der Waals surface area contributed by atoms with Gasteiger partial charge in [-0.1, -0.05) is 15.9 Å². The third-order valence-corrected chi connectivity index (χ3v) is 1.93. The quantitative estimate of drug-likeness (QED) is 0.611. The van der Waals surface area contributed by atoms with E-state index in [4.69, 9.17) is 0 Å². The van der Waals surface area contributed by atoms with Gasteiger partial charge in [0.2, 0.25) is 11.8 Å². The summed E-state index contributed by atoms with van der Waals surface area (Å²) in [7, 11) is 0. The van der Waals surface area contributed by atoms with Crippen molar-refractivity contribution in [1.82, 2.24) is 10.6 Å². The van der Waals surface area contributed by atoms with Crippen molar-refractivity contribution in [2.45, 2.75) is 12.5 Å². The molecule has 1 fully saturated rings. The zero-order chi connectivity index (χ0) is 8.27. The molecule has 0 aliphatic carbocycles. The van der Waals surface area contributed by atoms with Crippen LogP contribution in [0.2, 0.25) is 0 Å². The van der Waals surface area contributed by atoms with E-state index in [1.54, 1.807) is 0 Å². The molecule has 0 spiro atoms. The molecule has 0 bridgehead atoms. The first-order valence-electron chi connectivity index (χ1n) is 3.37. The van der Waals surface area contributed by atoms with E-state index in [9.17, 15) is 9.59 Å². The molecular formula is C6H9BrN2O2. The van der Waals surface area contributed by atoms with E-state index in [2.05, 4.69) is 26.6 Å². The van der Waals surface area contributed by atoms with Crippen molar-refractivity contribution in [1.29, 1.82) is 0 Å². The zero-order valence-corrected chi connectivity index (χ0v) is 7.48. The fourth-order valence-corrected chi connectivity index (χ4v) is 1.37. The van der Waals surface area contributed by atoms with Gasteiger partial charge < -0.3 is 10.6 Å². The van der Waals surface area contributed by atoms with Crippen molar-refractivity contribution < 1.29 is 9.59 Å². The van der Waals surface area contributed by atoms with Crippen molar-refractivity contribution in [2.75, 3.05) is 11.9 Å². The van der Waals surface area contributed by atoms with Crippen molar-refractivity contribution in [3.8, 4) is 0 Å². The Balaban J connectivity index is 2.47. The van der Waals surface area contributed by atoms with E-state index < -0.39 is 0 Å². The lowest BCUT2D eigenvalue weighted by molar-refractivity contribution is -0.133. The molecular weight excluding hydrogens is 212 g/mol. The number of piperazine rings is 1. The molecule has 5 heteroatoms. The summed E-state index contributed by atoms with van der Waals surface area (Å²) < 4.78 is 0. The van der Waals surface area contributed by atoms with Crippen LogP contribution in [0.15, 0.2) is 0 Å². The van der Waals surface area contributed by atoms with Crippen LogP contribution < -0.4 is 10.6 Å². The fourth-order valence-electron chi connectivity index (χ4n) is 0.914. The van der Waals surface area contributed by atoms with Gasteiger partial charge in [0.25, 0.3) is 0 Å². The average Bonchev–Trinajstić information content (AvgIpc) is 1.98. The summed E-state index contributed by atoms with van der Waals surface area (Å²) in [5.74, 6) is -0.209. The van der Waals surface area contributed by atoms with E-state index in [1.807, 2.05) is 0 Å². The summed E-state index contributed by atoms with van der Waals surface area (Å²) in [6, 6.07) is -0.351. The lowest BCUT2D eigenvalue weighted by Gasteiger charge is -2.22. The Bertz CT molecular complexity index is 183. The number of amides is 2. The van der Waals surface area contributed by atoms with Crippen molar-refractivity contribution in [3.63, 3.8) is 0 Å². The number of carbonyl (C=O) groups is 2. The monoisotopic (exact) mass is 220 g/mol. The predicted octanol–water partition coefficient (Wildman–Crippen LogP) is -0.614. The molecule has 1 heterocycles. The molecule has 0 aromatic heterocycles. The third kappa shape index (κ3) is 2.18. The van der Waals surface area contributed by atoms with Crippen LogP contribution in [-0.4, -0.2) is 29.7 Å². The van der Waals surface area contributed by atoms with E-state index in [0.717, 1.165) is 0 Å². The van der Waals surface area contributed by atoms with Crippen molar-refractivity contribution in [2.24, 2.45) is 0 Å². The second-order valence-electron chi connectivity index (χ2n) is 2.32. The SMILES string of the molecule is O=C1CNC(=O)C(CCBr)N1. The van der Waals surface area contributed by atoms with Crippen LogP contribution in [0, 0.1) is 0 Å². The molecule has 1 unspecified atom stereocenters. The largest absolute Gasteiger partial charge is 0.345 e. The van der Waals surface area contributed by atoms with Crippen LogP contribution in [0.3, 0.4) is 0 Å². The van der Waals surface area contributed by atoms with Crippen LogP contribution in [0.1, 0.15) is 6.42 Å². The second kappa shape index (κ2) is 3.71. The molecule has 62 valence electrons. The molecule has 0 aromatic carbocycles. The Morgan fingerprint density at radius 3 is 2.91 bits per heavy atom. The van der Waals surface area contributed by atoms with Gasteiger partial charge in [-0.05, 0) is 6.42 Å². The van der Waals surface area contributed by atoms with E-state index in [1.165, 1.54) is 0 Å². The highest BCUT2D eigenvalue weighted by Crippen LogP contribution is 1.98. The summed E-state index contributed by atoms with van der Waals surface area (Å²) in [4.78, 5) is 21.7. The fraction of sp³-hybridized carbons (Fsp3) is 0.667. The number of halogens is 1. The molecule has 1 aliphatic rings. The predicted molar refractivity (Wildman–Crippen MR) is 43.4 cm³/mol. The van der Waals surface area contributed by atoms with Gasteiger partial charge in [0.15, 0.2) is 0 Å². The van der Waals surface area contributed by atoms with Gasteiger partial charge in [0.05, 0.1) is 6.54 Å². The zero-order valence-electron chi connectivity index (χ0n) is 5.89. The maximum Gasteiger partial charge on any atom is 0.243 e. The summed E-state index contributed by atoms with van der Waals surface area (Å²) in [6.45, 7) is 0.109. The summed E-state index contributed by atoms with van der Waals surface area (Å²) in [5.41, 5.74) is 0. The van der Waals surface area contributed by atoms with Gasteiger partial charge in [-0.2, -0.15) is 0 Å². The molecule has 1 saturated heterocycles. The van der Waals surface area contributed by atoms with Crippen LogP contribution in [0.5, 0.6) is 0 Å². The van der Waals surface area contributed by atoms with Gasteiger partial charge in [0.1, 0.15) is 6.04 Å². The smallest absolute Gasteiger partial charge is 0.243 e. The molecule has 1 rings (SSSR count). The van der Waals surface area contributed by atoms with E-state index in [-0.39, 0.29) is 24.4 Å². The van der Waals surface area contributed by atoms with Gasteiger partial charge in [0, 0.05) is 5.33 Å². The first kappa shape index (κ1) is 8.52. The Morgan fingerprint density at radius 1 is 1.55 bits per heavy atom. The van der Waals surface area contributed by atoms with Gasteiger partial charge in [-0.15, -0.1) is 0 Å². The number of alkyl halides is 1. The summed E-state index contributed by atoms with van der Waals surface area (Å²) >= 11 is 3.20. The van der Waals surface area contributed by atoms with Crippen LogP contribution in [-0.2, 0) is 9.59 Å². The van der Waals surface area contributed by atoms with Crippen molar-refractivity contribution >= 4 is 27.7 Å². The van der Waals surface area contributed by atoms with Crippen LogP contribution in [0.4, 0.5) is 0 Å². The highest BCUT2D eigenvalue weighted by molar-refractivity contribution is 9.09. The lowest BCUT2D eigenvalue weighted by Crippen LogP contribution is -2.56. The standard InChI is InChI=1S/C6H9BrN2O2/c7-2-1-4-6(11)8-3-5(10)9-4/h4H,1-3H2,(H,8,11)(H,9,10). The number of carbonyl (C=O) groups excluding carboxylic acids is 2. The normalized spacial score (nSPS) is 24.3. The molecule has 11 heavy (non-hydrogen) atoms. The second-order valence-corrected chi connectivity index (χ2v) is 3.11. The number of nitrogens with one attached hydrogen (secondary N) is 2. The Hall–Kier alpha value is -0.580. The molecule has 0 saturated carbocycles. The minimum absolute atomic E-state index is 0.0935.